The lowest BCUT2D eigenvalue weighted by molar-refractivity contribution is 0.162. The summed E-state index contributed by atoms with van der Waals surface area (Å²) in [6.07, 6.45) is -0.793. The van der Waals surface area contributed by atoms with Gasteiger partial charge in [0.25, 0.3) is 0 Å². The van der Waals surface area contributed by atoms with Crippen LogP contribution in [-0.4, -0.2) is 55.1 Å². The first-order valence-corrected chi connectivity index (χ1v) is 8.22. The van der Waals surface area contributed by atoms with Crippen molar-refractivity contribution in [2.45, 2.75) is 39.8 Å². The molecule has 0 aromatic heterocycles. The second-order valence-corrected chi connectivity index (χ2v) is 7.65. The first kappa shape index (κ1) is 15.5. The van der Waals surface area contributed by atoms with Gasteiger partial charge in [-0.3, -0.25) is 0 Å². The number of hydrogen-bond acceptors (Lipinski definition) is 5. The van der Waals surface area contributed by atoms with E-state index in [1.165, 1.54) is 4.31 Å². The van der Waals surface area contributed by atoms with Crippen LogP contribution in [0, 0.1) is 11.8 Å². The summed E-state index contributed by atoms with van der Waals surface area (Å²) in [5.74, 6) is 0.112. The van der Waals surface area contributed by atoms with Crippen LogP contribution in [0.4, 0.5) is 4.79 Å². The molecule has 0 radical (unpaired) electrons. The van der Waals surface area contributed by atoms with Gasteiger partial charge in [0, 0.05) is 0 Å². The quantitative estimate of drug-likeness (QED) is 0.775. The molecule has 0 N–H and O–H groups in total. The van der Waals surface area contributed by atoms with Crippen LogP contribution in [0.1, 0.15) is 27.7 Å². The lowest BCUT2D eigenvalue weighted by atomic mass is 10.1. The van der Waals surface area contributed by atoms with E-state index in [9.17, 15) is 13.2 Å². The van der Waals surface area contributed by atoms with E-state index in [2.05, 4.69) is 0 Å². The Morgan fingerprint density at radius 1 is 1.10 bits per heavy atom. The molecule has 0 aromatic rings. The third-order valence-corrected chi connectivity index (χ3v) is 5.71. The molecule has 0 bridgehead atoms. The van der Waals surface area contributed by atoms with E-state index in [4.69, 9.17) is 9.47 Å². The van der Waals surface area contributed by atoms with Gasteiger partial charge in [0.05, 0.1) is 18.7 Å². The Morgan fingerprint density at radius 2 is 1.70 bits per heavy atom. The lowest BCUT2D eigenvalue weighted by Crippen LogP contribution is -2.52. The zero-order valence-corrected chi connectivity index (χ0v) is 13.1. The highest BCUT2D eigenvalue weighted by molar-refractivity contribution is 7.87. The van der Waals surface area contributed by atoms with E-state index in [-0.39, 0.29) is 31.2 Å². The summed E-state index contributed by atoms with van der Waals surface area (Å²) in [5.41, 5.74) is 0. The number of cyclic esters (lactones) is 1. The zero-order valence-electron chi connectivity index (χ0n) is 12.3. The molecule has 8 heteroatoms. The number of amides is 1. The molecule has 0 aliphatic carbocycles. The molecule has 0 unspecified atom stereocenters. The van der Waals surface area contributed by atoms with Crippen molar-refractivity contribution in [3.63, 3.8) is 0 Å². The highest BCUT2D eigenvalue weighted by atomic mass is 32.2. The van der Waals surface area contributed by atoms with Gasteiger partial charge in [-0.25, -0.2) is 4.79 Å². The zero-order chi connectivity index (χ0) is 15.1. The molecule has 0 saturated carbocycles. The Kier molecular flexibility index (Phi) is 4.27. The van der Waals surface area contributed by atoms with Crippen LogP contribution in [0.2, 0.25) is 0 Å². The Balaban J connectivity index is 2.31. The number of hydrogen-bond donors (Lipinski definition) is 0. The van der Waals surface area contributed by atoms with Gasteiger partial charge < -0.3 is 9.47 Å². The lowest BCUT2D eigenvalue weighted by Gasteiger charge is -2.31. The maximum atomic E-state index is 12.7. The summed E-state index contributed by atoms with van der Waals surface area (Å²) in [7, 11) is -3.91. The van der Waals surface area contributed by atoms with Crippen molar-refractivity contribution in [2.75, 3.05) is 19.9 Å². The van der Waals surface area contributed by atoms with E-state index >= 15 is 0 Å². The molecule has 116 valence electrons. The second-order valence-electron chi connectivity index (χ2n) is 5.89. The van der Waals surface area contributed by atoms with Crippen molar-refractivity contribution >= 4 is 16.3 Å². The minimum atomic E-state index is -3.91. The maximum absolute atomic E-state index is 12.7. The summed E-state index contributed by atoms with van der Waals surface area (Å²) in [4.78, 5) is 11.8. The Morgan fingerprint density at radius 3 is 2.25 bits per heavy atom. The molecule has 0 aromatic carbocycles. The predicted octanol–water partition coefficient (Wildman–Crippen LogP) is 1.02. The third-order valence-electron chi connectivity index (χ3n) is 3.82. The summed E-state index contributed by atoms with van der Waals surface area (Å²) < 4.78 is 37.8. The molecule has 2 saturated heterocycles. The Hall–Kier alpha value is -0.860. The monoisotopic (exact) mass is 306 g/mol. The van der Waals surface area contributed by atoms with Crippen molar-refractivity contribution in [1.29, 1.82) is 0 Å². The van der Waals surface area contributed by atoms with Crippen LogP contribution in [0.25, 0.3) is 0 Å². The van der Waals surface area contributed by atoms with Gasteiger partial charge in [0.1, 0.15) is 13.3 Å². The van der Waals surface area contributed by atoms with Gasteiger partial charge in [-0.05, 0) is 11.8 Å². The molecule has 2 aliphatic heterocycles. The second kappa shape index (κ2) is 5.50. The minimum Gasteiger partial charge on any atom is -0.446 e. The van der Waals surface area contributed by atoms with Crippen LogP contribution in [-0.2, 0) is 19.7 Å². The number of rotatable bonds is 4. The molecule has 1 amide bonds. The Labute approximate surface area is 120 Å². The van der Waals surface area contributed by atoms with E-state index < -0.39 is 22.3 Å². The number of nitrogens with zero attached hydrogens (tertiary/aromatic N) is 2. The van der Waals surface area contributed by atoms with E-state index in [1.54, 1.807) is 0 Å². The fraction of sp³-hybridized carbons (Fsp3) is 0.917. The van der Waals surface area contributed by atoms with Crippen molar-refractivity contribution in [2.24, 2.45) is 11.8 Å². The summed E-state index contributed by atoms with van der Waals surface area (Å²) in [6.45, 7) is 8.06. The van der Waals surface area contributed by atoms with Gasteiger partial charge in [-0.2, -0.15) is 17.0 Å². The van der Waals surface area contributed by atoms with E-state index in [0.29, 0.717) is 6.61 Å². The van der Waals surface area contributed by atoms with Crippen LogP contribution >= 0.6 is 0 Å². The first-order chi connectivity index (χ1) is 9.26. The van der Waals surface area contributed by atoms with Gasteiger partial charge in [0.2, 0.25) is 0 Å². The summed E-state index contributed by atoms with van der Waals surface area (Å²) >= 11 is 0. The third kappa shape index (κ3) is 2.51. The van der Waals surface area contributed by atoms with E-state index in [0.717, 1.165) is 4.31 Å². The van der Waals surface area contributed by atoms with Crippen LogP contribution in [0.15, 0.2) is 0 Å². The number of ether oxygens (including phenoxy) is 2. The standard InChI is InChI=1S/C12H22N2O5S/c1-8(2)10-5-18-7-13(10)20(16,17)14-11(9(3)4)6-19-12(14)15/h8-11H,5-7H2,1-4H3/t10-,11-/m1/s1. The van der Waals surface area contributed by atoms with Crippen molar-refractivity contribution in [3.05, 3.63) is 0 Å². The summed E-state index contributed by atoms with van der Waals surface area (Å²) in [6, 6.07) is -0.706. The SMILES string of the molecule is CC(C)[C@H]1COCN1S(=O)(=O)N1C(=O)OC[C@@H]1C(C)C. The largest absolute Gasteiger partial charge is 0.446 e. The van der Waals surface area contributed by atoms with E-state index in [1.807, 2.05) is 27.7 Å². The van der Waals surface area contributed by atoms with Gasteiger partial charge in [-0.15, -0.1) is 0 Å². The van der Waals surface area contributed by atoms with Gasteiger partial charge in [-0.1, -0.05) is 27.7 Å². The van der Waals surface area contributed by atoms with Gasteiger partial charge >= 0.3 is 16.3 Å². The molecule has 7 nitrogen and oxygen atoms in total. The molecule has 20 heavy (non-hydrogen) atoms. The average Bonchev–Trinajstić information content (AvgIpc) is 2.94. The molecule has 2 rings (SSSR count). The molecule has 2 aliphatic rings. The number of carbonyl (C=O) groups is 1. The van der Waals surface area contributed by atoms with Gasteiger partial charge in [0.15, 0.2) is 0 Å². The van der Waals surface area contributed by atoms with Crippen LogP contribution in [0.3, 0.4) is 0 Å². The van der Waals surface area contributed by atoms with Crippen molar-refractivity contribution < 1.29 is 22.7 Å². The number of carbonyl (C=O) groups excluding carboxylic acids is 1. The fourth-order valence-electron chi connectivity index (χ4n) is 2.47. The molecule has 2 heterocycles. The van der Waals surface area contributed by atoms with Crippen molar-refractivity contribution in [1.82, 2.24) is 8.61 Å². The minimum absolute atomic E-state index is 0.00255. The average molecular weight is 306 g/mol. The molecule has 2 atom stereocenters. The predicted molar refractivity (Wildman–Crippen MR) is 72.0 cm³/mol. The summed E-state index contributed by atoms with van der Waals surface area (Å²) in [5, 5.41) is 0. The van der Waals surface area contributed by atoms with Crippen molar-refractivity contribution in [3.8, 4) is 0 Å². The fourth-order valence-corrected chi connectivity index (χ4v) is 4.44. The smallest absolute Gasteiger partial charge is 0.425 e. The first-order valence-electron chi connectivity index (χ1n) is 6.82. The van der Waals surface area contributed by atoms with Crippen LogP contribution in [0.5, 0.6) is 0 Å². The normalized spacial score (nSPS) is 28.7. The van der Waals surface area contributed by atoms with Crippen LogP contribution < -0.4 is 0 Å². The highest BCUT2D eigenvalue weighted by Gasteiger charge is 2.49. The molecular weight excluding hydrogens is 284 g/mol. The highest BCUT2D eigenvalue weighted by Crippen LogP contribution is 2.29. The molecular formula is C12H22N2O5S. The molecule has 2 fully saturated rings. The topological polar surface area (TPSA) is 76.2 Å². The molecule has 0 spiro atoms. The Bertz CT molecular complexity index is 476. The maximum Gasteiger partial charge on any atom is 0.425 e.